The van der Waals surface area contributed by atoms with Crippen molar-refractivity contribution < 1.29 is 77.3 Å². The number of aromatic nitrogens is 1. The van der Waals surface area contributed by atoms with Gasteiger partial charge in [0.1, 0.15) is 17.9 Å². The highest BCUT2D eigenvalue weighted by molar-refractivity contribution is 7.99. The zero-order chi connectivity index (χ0) is 60.1. The van der Waals surface area contributed by atoms with Crippen LogP contribution < -0.4 is 31.9 Å². The molecule has 2 bridgehead atoms. The van der Waals surface area contributed by atoms with Crippen LogP contribution in [0.2, 0.25) is 0 Å². The molecule has 1 aromatic carbocycles. The second kappa shape index (κ2) is 28.9. The molecule has 4 aliphatic heterocycles. The number of thioether (sulfide) groups is 1. The largest absolute Gasteiger partial charge is 0.481 e. The van der Waals surface area contributed by atoms with Crippen molar-refractivity contribution in [1.29, 1.82) is 0 Å². The number of hydrogen-bond acceptors (Lipinski definition) is 16. The molecule has 25 nitrogen and oxygen atoms in total. The number of ketones is 4. The van der Waals surface area contributed by atoms with Gasteiger partial charge < -0.3 is 52.0 Å². The number of carboxylic acid groups (broad SMARTS) is 1. The summed E-state index contributed by atoms with van der Waals surface area (Å²) in [5.74, 6) is -15.0. The maximum Gasteiger partial charge on any atom is 0.304 e. The van der Waals surface area contributed by atoms with E-state index in [1.807, 2.05) is 0 Å². The number of imide groups is 1. The molecule has 82 heavy (non-hydrogen) atoms. The molecule has 9 N–H and O–H groups in total. The Kier molecular flexibility index (Phi) is 22.4. The fraction of sp³-hybridized carbons (Fsp3) is 0.571. The van der Waals surface area contributed by atoms with E-state index in [1.54, 1.807) is 45.9 Å². The van der Waals surface area contributed by atoms with Gasteiger partial charge in [-0.25, -0.2) is 0 Å². The van der Waals surface area contributed by atoms with Crippen LogP contribution in [-0.4, -0.2) is 176 Å². The maximum absolute atomic E-state index is 14.8. The van der Waals surface area contributed by atoms with E-state index in [9.17, 15) is 77.3 Å². The second-order valence-electron chi connectivity index (χ2n) is 21.8. The number of nitrogens with zero attached hydrogens (tertiary/aromatic N) is 2. The van der Waals surface area contributed by atoms with Crippen molar-refractivity contribution in [3.8, 4) is 0 Å². The van der Waals surface area contributed by atoms with Gasteiger partial charge in [-0.05, 0) is 47.9 Å². The summed E-state index contributed by atoms with van der Waals surface area (Å²) in [5.41, 5.74) is 1.31. The summed E-state index contributed by atoms with van der Waals surface area (Å²) in [4.78, 5) is 194. The van der Waals surface area contributed by atoms with Crippen LogP contribution in [0.25, 0.3) is 10.9 Å². The quantitative estimate of drug-likeness (QED) is 0.0920. The number of carboxylic acids is 1. The molecule has 1 aromatic heterocycles. The lowest BCUT2D eigenvalue weighted by Crippen LogP contribution is -2.55. The highest BCUT2D eigenvalue weighted by atomic mass is 32.2. The molecule has 0 aliphatic carbocycles. The number of aromatic amines is 1. The molecular formula is C56H73N9O16S. The van der Waals surface area contributed by atoms with Gasteiger partial charge in [-0.1, -0.05) is 53.5 Å². The van der Waals surface area contributed by atoms with Crippen molar-refractivity contribution in [2.24, 2.45) is 29.6 Å². The van der Waals surface area contributed by atoms with E-state index in [4.69, 9.17) is 0 Å². The monoisotopic (exact) mass is 1160 g/mol. The van der Waals surface area contributed by atoms with Gasteiger partial charge >= 0.3 is 5.97 Å². The van der Waals surface area contributed by atoms with E-state index in [2.05, 4.69) is 36.9 Å². The molecule has 2 unspecified atom stereocenters. The van der Waals surface area contributed by atoms with Gasteiger partial charge in [0.25, 0.3) is 11.8 Å². The number of carbonyl (C=O) groups excluding carboxylic acids is 13. The molecule has 0 spiro atoms. The lowest BCUT2D eigenvalue weighted by atomic mass is 9.86. The third-order valence-electron chi connectivity index (χ3n) is 15.5. The number of nitrogens with one attached hydrogen (secondary N) is 7. The Labute approximate surface area is 477 Å². The van der Waals surface area contributed by atoms with Crippen molar-refractivity contribution in [3.63, 3.8) is 0 Å². The standard InChI is InChI=1S/C56H73N9O16S/c1-6-28(3)49-43(70)19-32-18-38-37-17-31(16-35(67)23-57-51(77)30(5)15-34(66)9-8-14-64-46(73)12-13-47(64)74)10-11-39(37)61-55(38)82-27-40(60-44(71)24-59-54(80)50(29(4)7-2)62-45(72)25-58-52(32)78)42(69)20-33(21-48(75)76)56(81)65-26-36(68)22-41(65)53(79)63-49/h10-13,17,28-30,32-33,36,40-41,49-50,61,68H,6-9,14-16,18-27H2,1-5H3,(H,57,77)(H,58,78)(H,59,80)(H,60,71)(H,62,72)(H,63,79)(H,75,76)/t28?,29-,30?,32-,33-,36+,40-,41-,49-,50-/m0/s1. The van der Waals surface area contributed by atoms with Crippen LogP contribution >= 0.6 is 11.8 Å². The minimum Gasteiger partial charge on any atom is -0.481 e. The van der Waals surface area contributed by atoms with E-state index >= 15 is 0 Å². The van der Waals surface area contributed by atoms with Crippen LogP contribution in [0.5, 0.6) is 0 Å². The van der Waals surface area contributed by atoms with E-state index < -0.39 is 182 Å². The van der Waals surface area contributed by atoms with Crippen molar-refractivity contribution >= 4 is 105 Å². The Balaban J connectivity index is 1.36. The van der Waals surface area contributed by atoms with Gasteiger partial charge in [-0.3, -0.25) is 72.0 Å². The summed E-state index contributed by atoms with van der Waals surface area (Å²) in [6.45, 7) is 6.36. The van der Waals surface area contributed by atoms with Crippen LogP contribution in [0.1, 0.15) is 104 Å². The van der Waals surface area contributed by atoms with Crippen molar-refractivity contribution in [2.45, 2.75) is 141 Å². The number of amides is 9. The number of Topliss-reactive ketones (excluding diaryl/α,β-unsaturated/α-hetero) is 4. The Hall–Kier alpha value is -7.61. The Morgan fingerprint density at radius 1 is 0.780 bits per heavy atom. The fourth-order valence-electron chi connectivity index (χ4n) is 10.4. The SMILES string of the molecule is CCC(C)[C@@H]1NC(=O)[C@@H]2C[C@@H](O)CN2C(=O)[C@H](CC(=O)O)CC(=O)[C@@H]2CSc3[nH]c4ccc(CC(=O)CNC(=O)C(C)CC(=O)CCCN5C(=O)C=CC5=O)cc4c3C[C@@H](CC1=O)C(=O)NCC(=O)N[C@@H]([C@@H](C)CC)C(=O)NCC(=O)N2. The van der Waals surface area contributed by atoms with Crippen LogP contribution in [0.4, 0.5) is 0 Å². The van der Waals surface area contributed by atoms with Crippen LogP contribution in [0.3, 0.4) is 0 Å². The number of hydrogen-bond donors (Lipinski definition) is 9. The normalized spacial score (nSPS) is 24.8. The summed E-state index contributed by atoms with van der Waals surface area (Å²) in [6.07, 6.45) is -1.04. The van der Waals surface area contributed by atoms with Gasteiger partial charge in [0.05, 0.1) is 55.2 Å². The number of rotatable bonds is 17. The Morgan fingerprint density at radius 2 is 1.44 bits per heavy atom. The predicted octanol–water partition coefficient (Wildman–Crippen LogP) is -0.276. The first-order chi connectivity index (χ1) is 38.9. The Morgan fingerprint density at radius 3 is 2.11 bits per heavy atom. The summed E-state index contributed by atoms with van der Waals surface area (Å²) in [5, 5.41) is 37.3. The average Bonchev–Trinajstić information content (AvgIpc) is 3.88. The first-order valence-corrected chi connectivity index (χ1v) is 28.7. The van der Waals surface area contributed by atoms with Crippen LogP contribution in [0, 0.1) is 29.6 Å². The zero-order valence-electron chi connectivity index (χ0n) is 46.6. The van der Waals surface area contributed by atoms with Crippen molar-refractivity contribution in [3.05, 3.63) is 41.5 Å². The zero-order valence-corrected chi connectivity index (χ0v) is 47.4. The molecule has 0 saturated carbocycles. The topological polar surface area (TPSA) is 374 Å². The number of aliphatic carboxylic acids is 1. The lowest BCUT2D eigenvalue weighted by Gasteiger charge is -2.31. The molecular weight excluding hydrogens is 1090 g/mol. The first kappa shape index (κ1) is 63.6. The van der Waals surface area contributed by atoms with Gasteiger partial charge in [-0.2, -0.15) is 0 Å². The van der Waals surface area contributed by atoms with Crippen molar-refractivity contribution in [1.82, 2.24) is 46.7 Å². The van der Waals surface area contributed by atoms with E-state index in [-0.39, 0.29) is 56.6 Å². The molecule has 2 aromatic rings. The van der Waals surface area contributed by atoms with E-state index in [0.717, 1.165) is 33.7 Å². The van der Waals surface area contributed by atoms with E-state index in [1.165, 1.54) is 6.92 Å². The number of fused-ring (bicyclic) bond motifs is 5. The molecule has 444 valence electrons. The van der Waals surface area contributed by atoms with Gasteiger partial charge in [0.15, 0.2) is 17.3 Å². The summed E-state index contributed by atoms with van der Waals surface area (Å²) < 4.78 is 0. The summed E-state index contributed by atoms with van der Waals surface area (Å²) in [7, 11) is 0. The van der Waals surface area contributed by atoms with Crippen LogP contribution in [-0.2, 0) is 80.0 Å². The third-order valence-corrected chi connectivity index (χ3v) is 16.6. The molecule has 6 rings (SSSR count). The number of H-pyrrole nitrogens is 1. The summed E-state index contributed by atoms with van der Waals surface area (Å²) in [6, 6.07) is -0.388. The fourth-order valence-corrected chi connectivity index (χ4v) is 11.6. The molecule has 10 atom stereocenters. The minimum absolute atomic E-state index is 0.0190. The molecule has 0 radical (unpaired) electrons. The Bertz CT molecular complexity index is 2890. The first-order valence-electron chi connectivity index (χ1n) is 27.7. The smallest absolute Gasteiger partial charge is 0.304 e. The third kappa shape index (κ3) is 16.8. The number of carbonyl (C=O) groups is 14. The molecule has 9 amide bonds. The van der Waals surface area contributed by atoms with Crippen molar-refractivity contribution in [2.75, 3.05) is 38.5 Å². The number of aliphatic hydroxyl groups excluding tert-OH is 1. The average molecular weight is 1160 g/mol. The molecule has 1 saturated heterocycles. The van der Waals surface area contributed by atoms with E-state index in [0.29, 0.717) is 39.9 Å². The molecule has 4 aliphatic rings. The summed E-state index contributed by atoms with van der Waals surface area (Å²) >= 11 is 1.00. The van der Waals surface area contributed by atoms with Gasteiger partial charge in [0, 0.05) is 92.3 Å². The molecule has 5 heterocycles. The number of aliphatic hydroxyl groups is 1. The van der Waals surface area contributed by atoms with Gasteiger partial charge in [0.2, 0.25) is 41.4 Å². The predicted molar refractivity (Wildman–Crippen MR) is 294 cm³/mol. The molecule has 1 fully saturated rings. The second-order valence-corrected chi connectivity index (χ2v) is 22.8. The molecule has 26 heteroatoms. The van der Waals surface area contributed by atoms with Gasteiger partial charge in [-0.15, -0.1) is 11.8 Å². The maximum atomic E-state index is 14.8. The lowest BCUT2D eigenvalue weighted by molar-refractivity contribution is -0.148. The number of benzene rings is 1. The van der Waals surface area contributed by atoms with Crippen LogP contribution in [0.15, 0.2) is 35.4 Å². The highest BCUT2D eigenvalue weighted by Crippen LogP contribution is 2.35. The minimum atomic E-state index is -1.60. The highest BCUT2D eigenvalue weighted by Gasteiger charge is 2.44.